The van der Waals surface area contributed by atoms with Crippen LogP contribution in [0.25, 0.3) is 0 Å². The Morgan fingerprint density at radius 1 is 1.04 bits per heavy atom. The molecule has 2 saturated heterocycles. The van der Waals surface area contributed by atoms with Gasteiger partial charge in [-0.3, -0.25) is 0 Å². The number of aldehydes is 1. The third-order valence-corrected chi connectivity index (χ3v) is 6.80. The van der Waals surface area contributed by atoms with Gasteiger partial charge in [-0.05, 0) is 19.8 Å². The molecule has 28 heavy (non-hydrogen) atoms. The van der Waals surface area contributed by atoms with Gasteiger partial charge in [-0.15, -0.1) is 0 Å². The molecular formula is C19H32NO7P. The van der Waals surface area contributed by atoms with Crippen molar-refractivity contribution in [3.8, 4) is 6.07 Å². The van der Waals surface area contributed by atoms with Crippen molar-refractivity contribution in [1.29, 1.82) is 5.26 Å². The van der Waals surface area contributed by atoms with Gasteiger partial charge in [0.15, 0.2) is 0 Å². The Morgan fingerprint density at radius 2 is 1.71 bits per heavy atom. The second-order valence-electron chi connectivity index (χ2n) is 7.48. The fourth-order valence-electron chi connectivity index (χ4n) is 3.55. The highest BCUT2D eigenvalue weighted by Crippen LogP contribution is 2.46. The number of ether oxygens (including phenoxy) is 3. The lowest BCUT2D eigenvalue weighted by Crippen LogP contribution is -2.32. The van der Waals surface area contributed by atoms with E-state index in [-0.39, 0.29) is 67.9 Å². The van der Waals surface area contributed by atoms with Gasteiger partial charge in [-0.25, -0.2) is 0 Å². The van der Waals surface area contributed by atoms with Crippen LogP contribution >= 0.6 is 8.60 Å². The molecule has 0 spiro atoms. The number of nitriles is 1. The van der Waals surface area contributed by atoms with Crippen molar-refractivity contribution in [3.63, 3.8) is 0 Å². The molecular weight excluding hydrogens is 385 g/mol. The van der Waals surface area contributed by atoms with Crippen LogP contribution in [-0.2, 0) is 32.6 Å². The van der Waals surface area contributed by atoms with E-state index in [2.05, 4.69) is 6.92 Å². The summed E-state index contributed by atoms with van der Waals surface area (Å²) in [6.45, 7) is 8.83. The first kappa shape index (κ1) is 23.6. The minimum atomic E-state index is -1.72. The Morgan fingerprint density at radius 3 is 2.36 bits per heavy atom. The summed E-state index contributed by atoms with van der Waals surface area (Å²) >= 11 is 0. The number of hydrogen-bond donors (Lipinski definition) is 0. The van der Waals surface area contributed by atoms with Gasteiger partial charge in [0.25, 0.3) is 0 Å². The van der Waals surface area contributed by atoms with Gasteiger partial charge in [0, 0.05) is 18.9 Å². The molecule has 2 aliphatic rings. The summed E-state index contributed by atoms with van der Waals surface area (Å²) < 4.78 is 34.8. The molecule has 9 atom stereocenters. The fourth-order valence-corrected chi connectivity index (χ4v) is 4.78. The Hall–Kier alpha value is -0.650. The predicted molar refractivity (Wildman–Crippen MR) is 102 cm³/mol. The molecule has 9 unspecified atom stereocenters. The Bertz CT molecular complexity index is 531. The summed E-state index contributed by atoms with van der Waals surface area (Å²) in [5.41, 5.74) is 0. The molecule has 0 amide bonds. The standard InChI is InChI=1S/C19H32NO7P/c1-12-14(3)25-17(16(12)9-21)11-24-28(23-8-6-7-20)27-19-13(2)15(4)26-18(19)10-22-5/h9,12-19H,6,8,10-11H2,1-5H3. The van der Waals surface area contributed by atoms with Crippen molar-refractivity contribution in [1.82, 2.24) is 0 Å². The molecule has 160 valence electrons. The average Bonchev–Trinajstić information content (AvgIpc) is 3.09. The number of methoxy groups -OCH3 is 1. The van der Waals surface area contributed by atoms with Crippen LogP contribution in [0.5, 0.6) is 0 Å². The molecule has 2 rings (SSSR count). The van der Waals surface area contributed by atoms with E-state index in [1.165, 1.54) is 0 Å². The van der Waals surface area contributed by atoms with E-state index in [1.807, 2.05) is 26.8 Å². The lowest BCUT2D eigenvalue weighted by molar-refractivity contribution is -0.114. The van der Waals surface area contributed by atoms with Crippen LogP contribution < -0.4 is 0 Å². The maximum Gasteiger partial charge on any atom is 0.333 e. The van der Waals surface area contributed by atoms with Gasteiger partial charge >= 0.3 is 8.60 Å². The smallest absolute Gasteiger partial charge is 0.333 e. The monoisotopic (exact) mass is 417 g/mol. The largest absolute Gasteiger partial charge is 0.382 e. The molecule has 0 aromatic heterocycles. The van der Waals surface area contributed by atoms with Crippen molar-refractivity contribution in [2.75, 3.05) is 26.9 Å². The second kappa shape index (κ2) is 11.5. The number of hydrogen-bond acceptors (Lipinski definition) is 8. The van der Waals surface area contributed by atoms with E-state index >= 15 is 0 Å². The minimum Gasteiger partial charge on any atom is -0.382 e. The molecule has 2 aliphatic heterocycles. The molecule has 0 aliphatic carbocycles. The lowest BCUT2D eigenvalue weighted by Gasteiger charge is -2.26. The first-order valence-corrected chi connectivity index (χ1v) is 10.9. The highest BCUT2D eigenvalue weighted by atomic mass is 31.2. The summed E-state index contributed by atoms with van der Waals surface area (Å²) in [5, 5.41) is 8.78. The quantitative estimate of drug-likeness (QED) is 0.288. The Kier molecular flexibility index (Phi) is 9.72. The lowest BCUT2D eigenvalue weighted by atomic mass is 9.91. The molecule has 0 radical (unpaired) electrons. The van der Waals surface area contributed by atoms with Crippen molar-refractivity contribution >= 4 is 14.9 Å². The van der Waals surface area contributed by atoms with Crippen molar-refractivity contribution in [3.05, 3.63) is 0 Å². The van der Waals surface area contributed by atoms with Gasteiger partial charge in [-0.1, -0.05) is 13.8 Å². The van der Waals surface area contributed by atoms with Gasteiger partial charge in [0.2, 0.25) is 0 Å². The third kappa shape index (κ3) is 5.93. The molecule has 2 fully saturated rings. The topological polar surface area (TPSA) is 96.2 Å². The van der Waals surface area contributed by atoms with E-state index in [4.69, 9.17) is 33.0 Å². The molecule has 0 bridgehead atoms. The summed E-state index contributed by atoms with van der Waals surface area (Å²) in [6, 6.07) is 2.05. The van der Waals surface area contributed by atoms with Crippen molar-refractivity contribution < 1.29 is 32.6 Å². The summed E-state index contributed by atoms with van der Waals surface area (Å²) in [4.78, 5) is 11.4. The molecule has 8 nitrogen and oxygen atoms in total. The molecule has 9 heteroatoms. The Balaban J connectivity index is 1.99. The first-order chi connectivity index (χ1) is 13.4. The summed E-state index contributed by atoms with van der Waals surface area (Å²) in [5.74, 6) is 0.0488. The summed E-state index contributed by atoms with van der Waals surface area (Å²) in [7, 11) is -0.0965. The predicted octanol–water partition coefficient (Wildman–Crippen LogP) is 2.85. The normalized spacial score (nSPS) is 39.0. The van der Waals surface area contributed by atoms with Gasteiger partial charge in [0.05, 0.1) is 50.6 Å². The maximum absolute atomic E-state index is 11.4. The van der Waals surface area contributed by atoms with Gasteiger partial charge < -0.3 is 32.6 Å². The molecule has 0 aromatic rings. The van der Waals surface area contributed by atoms with Gasteiger partial charge in [0.1, 0.15) is 18.5 Å². The van der Waals surface area contributed by atoms with Crippen LogP contribution in [0.1, 0.15) is 34.1 Å². The number of nitrogens with zero attached hydrogens (tertiary/aromatic N) is 1. The Labute approximate surface area is 168 Å². The van der Waals surface area contributed by atoms with Crippen LogP contribution in [0.3, 0.4) is 0 Å². The fraction of sp³-hybridized carbons (Fsp3) is 0.895. The molecule has 2 heterocycles. The molecule has 0 aromatic carbocycles. The highest BCUT2D eigenvalue weighted by molar-refractivity contribution is 7.41. The highest BCUT2D eigenvalue weighted by Gasteiger charge is 2.44. The molecule has 0 saturated carbocycles. The van der Waals surface area contributed by atoms with Gasteiger partial charge in [-0.2, -0.15) is 5.26 Å². The first-order valence-electron chi connectivity index (χ1n) is 9.77. The van der Waals surface area contributed by atoms with E-state index in [0.717, 1.165) is 6.29 Å². The number of carbonyl (C=O) groups excluding carboxylic acids is 1. The minimum absolute atomic E-state index is 0.00867. The van der Waals surface area contributed by atoms with Crippen molar-refractivity contribution in [2.24, 2.45) is 17.8 Å². The number of carbonyl (C=O) groups is 1. The molecule has 0 N–H and O–H groups in total. The SMILES string of the molecule is COCC1OC(C)C(C)C1OP(OCCC#N)OCC1OC(C)C(C)C1C=O. The van der Waals surface area contributed by atoms with Crippen LogP contribution in [0.15, 0.2) is 0 Å². The van der Waals surface area contributed by atoms with E-state index in [0.29, 0.717) is 6.61 Å². The van der Waals surface area contributed by atoms with Crippen LogP contribution in [-0.4, -0.2) is 63.7 Å². The van der Waals surface area contributed by atoms with Crippen LogP contribution in [0.2, 0.25) is 0 Å². The summed E-state index contributed by atoms with van der Waals surface area (Å²) in [6.07, 6.45) is 0.407. The van der Waals surface area contributed by atoms with Crippen LogP contribution in [0.4, 0.5) is 0 Å². The second-order valence-corrected chi connectivity index (χ2v) is 8.65. The maximum atomic E-state index is 11.4. The van der Waals surface area contributed by atoms with E-state index in [1.54, 1.807) is 7.11 Å². The van der Waals surface area contributed by atoms with Crippen molar-refractivity contribution in [2.45, 2.75) is 64.6 Å². The number of rotatable bonds is 11. The third-order valence-electron chi connectivity index (χ3n) is 5.63. The van der Waals surface area contributed by atoms with E-state index < -0.39 is 8.60 Å². The van der Waals surface area contributed by atoms with Crippen LogP contribution in [0, 0.1) is 29.1 Å². The van der Waals surface area contributed by atoms with E-state index in [9.17, 15) is 4.79 Å². The zero-order chi connectivity index (χ0) is 20.7. The zero-order valence-corrected chi connectivity index (χ0v) is 18.2. The average molecular weight is 417 g/mol. The zero-order valence-electron chi connectivity index (χ0n) is 17.3.